The first kappa shape index (κ1) is 20.1. The molecular weight excluding hydrogens is 431 g/mol. The van der Waals surface area contributed by atoms with E-state index in [9.17, 15) is 18.0 Å². The number of imidazole rings is 1. The molecule has 10 heteroatoms. The highest BCUT2D eigenvalue weighted by Gasteiger charge is 2.29. The minimum atomic E-state index is -4.22. The summed E-state index contributed by atoms with van der Waals surface area (Å²) in [6.45, 7) is 0.372. The minimum absolute atomic E-state index is 0.0663. The third kappa shape index (κ3) is 3.82. The number of alkyl halides is 3. The Labute approximate surface area is 179 Å². The second kappa shape index (κ2) is 7.40. The Hall–Kier alpha value is -2.81. The van der Waals surface area contributed by atoms with Gasteiger partial charge in [-0.05, 0) is 43.5 Å². The van der Waals surface area contributed by atoms with E-state index in [0.717, 1.165) is 18.4 Å². The van der Waals surface area contributed by atoms with Crippen molar-refractivity contribution in [2.45, 2.75) is 51.0 Å². The van der Waals surface area contributed by atoms with Crippen LogP contribution in [0, 0.1) is 0 Å². The van der Waals surface area contributed by atoms with Crippen LogP contribution in [-0.2, 0) is 13.1 Å². The molecule has 4 aromatic heterocycles. The molecule has 162 valence electrons. The van der Waals surface area contributed by atoms with Gasteiger partial charge in [-0.15, -0.1) is 0 Å². The van der Waals surface area contributed by atoms with E-state index in [0.29, 0.717) is 27.4 Å². The van der Waals surface area contributed by atoms with Gasteiger partial charge in [0.2, 0.25) is 0 Å². The summed E-state index contributed by atoms with van der Waals surface area (Å²) >= 11 is 6.02. The highest BCUT2D eigenvalue weighted by atomic mass is 35.5. The number of rotatable bonds is 6. The molecule has 0 atom stereocenters. The summed E-state index contributed by atoms with van der Waals surface area (Å²) in [7, 11) is 0. The summed E-state index contributed by atoms with van der Waals surface area (Å²) in [6, 6.07) is 7.17. The second-order valence-corrected chi connectivity index (χ2v) is 8.27. The largest absolute Gasteiger partial charge is 0.389 e. The van der Waals surface area contributed by atoms with Gasteiger partial charge < -0.3 is 4.57 Å². The number of aryl methyl sites for hydroxylation is 1. The highest BCUT2D eigenvalue weighted by Crippen LogP contribution is 2.36. The van der Waals surface area contributed by atoms with Crippen molar-refractivity contribution in [3.8, 4) is 0 Å². The third-order valence-electron chi connectivity index (χ3n) is 5.65. The van der Waals surface area contributed by atoms with E-state index in [4.69, 9.17) is 11.6 Å². The molecule has 1 fully saturated rings. The van der Waals surface area contributed by atoms with Crippen LogP contribution in [0.4, 0.5) is 13.2 Å². The van der Waals surface area contributed by atoms with Crippen LogP contribution < -0.4 is 5.69 Å². The Morgan fingerprint density at radius 3 is 2.65 bits per heavy atom. The van der Waals surface area contributed by atoms with Crippen LogP contribution in [0.25, 0.3) is 22.1 Å². The first-order chi connectivity index (χ1) is 14.8. The molecule has 0 aliphatic heterocycles. The molecule has 1 saturated carbocycles. The number of fused-ring (bicyclic) bond motifs is 2. The number of nitrogens with zero attached hydrogens (tertiary/aromatic N) is 5. The average Bonchev–Trinajstić information content (AvgIpc) is 3.43. The lowest BCUT2D eigenvalue weighted by atomic mass is 10.3. The van der Waals surface area contributed by atoms with E-state index in [2.05, 4.69) is 9.97 Å². The predicted octanol–water partition coefficient (Wildman–Crippen LogP) is 4.93. The topological polar surface area (TPSA) is 57.6 Å². The highest BCUT2D eigenvalue weighted by molar-refractivity contribution is 6.29. The lowest BCUT2D eigenvalue weighted by molar-refractivity contribution is -0.135. The second-order valence-electron chi connectivity index (χ2n) is 7.88. The van der Waals surface area contributed by atoms with Crippen LogP contribution in [-0.4, -0.2) is 29.8 Å². The molecule has 0 spiro atoms. The molecule has 1 aliphatic rings. The van der Waals surface area contributed by atoms with Crippen molar-refractivity contribution in [2.24, 2.45) is 0 Å². The van der Waals surface area contributed by atoms with Crippen LogP contribution >= 0.6 is 11.6 Å². The van der Waals surface area contributed by atoms with E-state index < -0.39 is 12.6 Å². The molecule has 0 saturated heterocycles. The fourth-order valence-corrected chi connectivity index (χ4v) is 4.28. The molecule has 0 unspecified atom stereocenters. The Kier molecular flexibility index (Phi) is 4.80. The van der Waals surface area contributed by atoms with Crippen LogP contribution in [0.15, 0.2) is 41.5 Å². The van der Waals surface area contributed by atoms with Crippen LogP contribution in [0.5, 0.6) is 0 Å². The summed E-state index contributed by atoms with van der Waals surface area (Å²) in [5, 5.41) is 0.304. The number of aromatic nitrogens is 5. The Morgan fingerprint density at radius 2 is 1.90 bits per heavy atom. The summed E-state index contributed by atoms with van der Waals surface area (Å²) in [5.41, 5.74) is 3.38. The maximum Gasteiger partial charge on any atom is 0.389 e. The molecule has 4 aromatic rings. The lowest BCUT2D eigenvalue weighted by Crippen LogP contribution is -2.25. The molecule has 4 heterocycles. The van der Waals surface area contributed by atoms with Crippen LogP contribution in [0.2, 0.25) is 5.15 Å². The summed E-state index contributed by atoms with van der Waals surface area (Å²) in [6.07, 6.45) is 0.0709. The minimum Gasteiger partial charge on any atom is -0.342 e. The van der Waals surface area contributed by atoms with Crippen molar-refractivity contribution in [1.82, 2.24) is 23.7 Å². The fourth-order valence-electron chi connectivity index (χ4n) is 4.13. The fraction of sp³-hybridized carbons (Fsp3) is 0.381. The van der Waals surface area contributed by atoms with Gasteiger partial charge in [-0.2, -0.15) is 13.2 Å². The molecule has 0 aromatic carbocycles. The zero-order valence-electron chi connectivity index (χ0n) is 16.4. The van der Waals surface area contributed by atoms with Gasteiger partial charge in [0.05, 0.1) is 34.8 Å². The zero-order chi connectivity index (χ0) is 21.8. The standard InChI is InChI=1S/C21H19ClF3N5O/c22-19-5-4-16-15(27-19)10-14(28(16)9-1-7-21(23,24)25)12-29-18-11-26-8-6-17(18)30(20(29)31)13-2-3-13/h4-6,8,10-11,13H,1-3,7,9,12H2. The molecule has 0 N–H and O–H groups in total. The van der Waals surface area contributed by atoms with Crippen molar-refractivity contribution in [1.29, 1.82) is 0 Å². The van der Waals surface area contributed by atoms with Crippen LogP contribution in [0.3, 0.4) is 0 Å². The van der Waals surface area contributed by atoms with Gasteiger partial charge >= 0.3 is 11.9 Å². The van der Waals surface area contributed by atoms with Gasteiger partial charge in [0.15, 0.2) is 0 Å². The van der Waals surface area contributed by atoms with Gasteiger partial charge in [0.1, 0.15) is 5.15 Å². The Balaban J connectivity index is 1.58. The molecule has 6 nitrogen and oxygen atoms in total. The third-order valence-corrected chi connectivity index (χ3v) is 5.86. The molecule has 1 aliphatic carbocycles. The number of hydrogen-bond donors (Lipinski definition) is 0. The maximum atomic E-state index is 13.2. The molecule has 0 amide bonds. The van der Waals surface area contributed by atoms with Crippen molar-refractivity contribution >= 4 is 33.7 Å². The van der Waals surface area contributed by atoms with E-state index in [1.807, 2.05) is 6.07 Å². The number of halogens is 4. The predicted molar refractivity (Wildman–Crippen MR) is 111 cm³/mol. The van der Waals surface area contributed by atoms with Crippen molar-refractivity contribution in [3.63, 3.8) is 0 Å². The smallest absolute Gasteiger partial charge is 0.342 e. The van der Waals surface area contributed by atoms with Crippen molar-refractivity contribution in [3.05, 3.63) is 58.0 Å². The normalized spacial score (nSPS) is 14.7. The quantitative estimate of drug-likeness (QED) is 0.392. The first-order valence-electron chi connectivity index (χ1n) is 10.1. The van der Waals surface area contributed by atoms with E-state index in [1.54, 1.807) is 44.3 Å². The van der Waals surface area contributed by atoms with Crippen molar-refractivity contribution in [2.75, 3.05) is 0 Å². The first-order valence-corrected chi connectivity index (χ1v) is 10.5. The van der Waals surface area contributed by atoms with Gasteiger partial charge in [-0.25, -0.2) is 9.78 Å². The maximum absolute atomic E-state index is 13.2. The van der Waals surface area contributed by atoms with Gasteiger partial charge in [0.25, 0.3) is 0 Å². The monoisotopic (exact) mass is 449 g/mol. The van der Waals surface area contributed by atoms with Gasteiger partial charge in [-0.1, -0.05) is 11.6 Å². The van der Waals surface area contributed by atoms with Crippen molar-refractivity contribution < 1.29 is 13.2 Å². The Bertz CT molecular complexity index is 1330. The molecule has 5 rings (SSSR count). The summed E-state index contributed by atoms with van der Waals surface area (Å²) in [5.74, 6) is 0. The van der Waals surface area contributed by atoms with Gasteiger partial charge in [-0.3, -0.25) is 14.1 Å². The SMILES string of the molecule is O=c1n(Cc2cc3nc(Cl)ccc3n2CCCC(F)(F)F)c2cnccc2n1C1CC1. The average molecular weight is 450 g/mol. The van der Waals surface area contributed by atoms with E-state index >= 15 is 0 Å². The molecular formula is C21H19ClF3N5O. The summed E-state index contributed by atoms with van der Waals surface area (Å²) < 4.78 is 43.4. The number of pyridine rings is 2. The lowest BCUT2D eigenvalue weighted by Gasteiger charge is -2.12. The van der Waals surface area contributed by atoms with E-state index in [1.165, 1.54) is 0 Å². The van der Waals surface area contributed by atoms with Gasteiger partial charge in [0, 0.05) is 30.9 Å². The van der Waals surface area contributed by atoms with Crippen LogP contribution in [0.1, 0.15) is 37.4 Å². The number of hydrogen-bond acceptors (Lipinski definition) is 3. The molecule has 31 heavy (non-hydrogen) atoms. The molecule has 0 bridgehead atoms. The summed E-state index contributed by atoms with van der Waals surface area (Å²) in [4.78, 5) is 21.7. The molecule has 0 radical (unpaired) electrons. The Morgan fingerprint density at radius 1 is 1.10 bits per heavy atom. The van der Waals surface area contributed by atoms with E-state index in [-0.39, 0.29) is 31.2 Å². The zero-order valence-corrected chi connectivity index (χ0v) is 17.2.